The van der Waals surface area contributed by atoms with Crippen LogP contribution in [0.25, 0.3) is 11.0 Å². The van der Waals surface area contributed by atoms with Gasteiger partial charge in [-0.15, -0.1) is 11.6 Å². The molecule has 3 amide bonds. The molecule has 1 heterocycles. The fourth-order valence-electron chi connectivity index (χ4n) is 1.41. The number of hydrogen-bond donors (Lipinski definition) is 2. The van der Waals surface area contributed by atoms with E-state index in [-0.39, 0.29) is 18.1 Å². The minimum atomic E-state index is -0.703. The van der Waals surface area contributed by atoms with Gasteiger partial charge in [-0.25, -0.2) is 4.79 Å². The van der Waals surface area contributed by atoms with Crippen molar-refractivity contribution >= 4 is 51.9 Å². The van der Waals surface area contributed by atoms with Gasteiger partial charge >= 0.3 is 6.03 Å². The predicted octanol–water partition coefficient (Wildman–Crippen LogP) is 2.76. The Hall–Kier alpha value is -1.79. The van der Waals surface area contributed by atoms with Crippen LogP contribution >= 0.6 is 23.2 Å². The molecule has 2 N–H and O–H groups in total. The first-order valence-electron chi connectivity index (χ1n) is 5.32. The van der Waals surface area contributed by atoms with Crippen LogP contribution in [-0.2, 0) is 4.79 Å². The van der Waals surface area contributed by atoms with E-state index in [1.807, 2.05) is 0 Å². The number of amides is 3. The predicted molar refractivity (Wildman–Crippen MR) is 71.5 cm³/mol. The Morgan fingerprint density at radius 3 is 2.89 bits per heavy atom. The summed E-state index contributed by atoms with van der Waals surface area (Å²) in [5.41, 5.74) is 0.479. The summed E-state index contributed by atoms with van der Waals surface area (Å²) in [5, 5.41) is 9.23. The molecule has 0 unspecified atom stereocenters. The van der Waals surface area contributed by atoms with Crippen LogP contribution in [-0.4, -0.2) is 23.0 Å². The molecule has 0 bridgehead atoms. The number of imide groups is 1. The minimum absolute atomic E-state index is 0.0559. The van der Waals surface area contributed by atoms with Gasteiger partial charge in [-0.1, -0.05) is 16.8 Å². The smallest absolute Gasteiger partial charge is 0.327 e. The molecule has 100 valence electrons. The van der Waals surface area contributed by atoms with Gasteiger partial charge < -0.3 is 4.52 Å². The highest BCUT2D eigenvalue weighted by Gasteiger charge is 2.13. The minimum Gasteiger partial charge on any atom is -0.354 e. The summed E-state index contributed by atoms with van der Waals surface area (Å²) in [6.07, 6.45) is 0.0559. The first kappa shape index (κ1) is 13.6. The number of nitrogens with one attached hydrogen (secondary N) is 2. The Kier molecular flexibility index (Phi) is 4.24. The van der Waals surface area contributed by atoms with E-state index in [1.54, 1.807) is 18.2 Å². The molecule has 19 heavy (non-hydrogen) atoms. The van der Waals surface area contributed by atoms with Crippen LogP contribution < -0.4 is 10.6 Å². The van der Waals surface area contributed by atoms with E-state index in [1.165, 1.54) is 0 Å². The average molecular weight is 302 g/mol. The van der Waals surface area contributed by atoms with E-state index in [9.17, 15) is 9.59 Å². The monoisotopic (exact) mass is 301 g/mol. The van der Waals surface area contributed by atoms with Crippen molar-refractivity contribution in [3.8, 4) is 0 Å². The number of rotatable bonds is 3. The molecule has 1 aromatic heterocycles. The summed E-state index contributed by atoms with van der Waals surface area (Å²) in [4.78, 5) is 22.7. The highest BCUT2D eigenvalue weighted by Crippen LogP contribution is 2.25. The molecule has 2 aromatic rings. The third-order valence-corrected chi connectivity index (χ3v) is 2.66. The van der Waals surface area contributed by atoms with Crippen LogP contribution in [0.3, 0.4) is 0 Å². The van der Waals surface area contributed by atoms with E-state index in [0.29, 0.717) is 16.0 Å². The second kappa shape index (κ2) is 5.90. The summed E-state index contributed by atoms with van der Waals surface area (Å²) in [6, 6.07) is 4.17. The first-order chi connectivity index (χ1) is 9.10. The molecule has 0 saturated carbocycles. The van der Waals surface area contributed by atoms with Crippen LogP contribution in [0.4, 0.5) is 10.6 Å². The lowest BCUT2D eigenvalue weighted by molar-refractivity contribution is -0.119. The topological polar surface area (TPSA) is 84.2 Å². The van der Waals surface area contributed by atoms with Gasteiger partial charge in [0.15, 0.2) is 11.4 Å². The van der Waals surface area contributed by atoms with Gasteiger partial charge in [0.05, 0.1) is 5.39 Å². The first-order valence-corrected chi connectivity index (χ1v) is 6.23. The number of urea groups is 1. The van der Waals surface area contributed by atoms with Gasteiger partial charge in [0.25, 0.3) is 0 Å². The van der Waals surface area contributed by atoms with Gasteiger partial charge in [-0.05, 0) is 18.2 Å². The standard InChI is InChI=1S/C11H9Cl2N3O3/c12-4-3-9(17)14-11(18)15-10-7-5-6(13)1-2-8(7)19-16-10/h1-2,5H,3-4H2,(H2,14,15,16,17,18). The molecule has 0 atom stereocenters. The van der Waals surface area contributed by atoms with E-state index in [4.69, 9.17) is 27.7 Å². The van der Waals surface area contributed by atoms with Gasteiger partial charge in [0.2, 0.25) is 5.91 Å². The molecule has 0 aliphatic heterocycles. The molecule has 0 radical (unpaired) electrons. The third kappa shape index (κ3) is 3.36. The molecule has 0 aliphatic carbocycles. The Morgan fingerprint density at radius 2 is 2.16 bits per heavy atom. The third-order valence-electron chi connectivity index (χ3n) is 2.24. The van der Waals surface area contributed by atoms with E-state index < -0.39 is 11.9 Å². The molecular formula is C11H9Cl2N3O3. The molecule has 2 rings (SSSR count). The maximum atomic E-state index is 11.5. The summed E-state index contributed by atoms with van der Waals surface area (Å²) >= 11 is 11.2. The van der Waals surface area contributed by atoms with Gasteiger partial charge in [-0.2, -0.15) is 0 Å². The van der Waals surface area contributed by atoms with Gasteiger partial charge in [0.1, 0.15) is 0 Å². The zero-order valence-electron chi connectivity index (χ0n) is 9.57. The molecule has 0 fully saturated rings. The number of nitrogens with zero attached hydrogens (tertiary/aromatic N) is 1. The molecule has 0 spiro atoms. The quantitative estimate of drug-likeness (QED) is 0.854. The van der Waals surface area contributed by atoms with Crippen molar-refractivity contribution in [2.45, 2.75) is 6.42 Å². The molecule has 6 nitrogen and oxygen atoms in total. The van der Waals surface area contributed by atoms with Crippen molar-refractivity contribution in [2.24, 2.45) is 0 Å². The zero-order chi connectivity index (χ0) is 13.8. The van der Waals surface area contributed by atoms with Gasteiger partial charge in [-0.3, -0.25) is 15.4 Å². The van der Waals surface area contributed by atoms with Gasteiger partial charge in [0, 0.05) is 17.3 Å². The Bertz CT molecular complexity index is 627. The molecule has 0 aliphatic rings. The number of halogens is 2. The van der Waals surface area contributed by atoms with Crippen molar-refractivity contribution in [2.75, 3.05) is 11.2 Å². The Balaban J connectivity index is 2.11. The van der Waals surface area contributed by atoms with Crippen molar-refractivity contribution < 1.29 is 14.1 Å². The van der Waals surface area contributed by atoms with Crippen molar-refractivity contribution in [3.63, 3.8) is 0 Å². The summed E-state index contributed by atoms with van der Waals surface area (Å²) < 4.78 is 5.00. The lowest BCUT2D eigenvalue weighted by atomic mass is 10.2. The number of fused-ring (bicyclic) bond motifs is 1. The van der Waals surface area contributed by atoms with Crippen LogP contribution in [0, 0.1) is 0 Å². The summed E-state index contributed by atoms with van der Waals surface area (Å²) in [5.74, 6) is -0.145. The normalized spacial score (nSPS) is 10.4. The number of carbonyl (C=O) groups excluding carboxylic acids is 2. The molecule has 8 heteroatoms. The van der Waals surface area contributed by atoms with Crippen LogP contribution in [0.15, 0.2) is 22.7 Å². The van der Waals surface area contributed by atoms with Crippen molar-refractivity contribution in [1.82, 2.24) is 10.5 Å². The lowest BCUT2D eigenvalue weighted by Crippen LogP contribution is -2.34. The van der Waals surface area contributed by atoms with Crippen LogP contribution in [0.1, 0.15) is 6.42 Å². The molecular weight excluding hydrogens is 293 g/mol. The maximum Gasteiger partial charge on any atom is 0.327 e. The summed E-state index contributed by atoms with van der Waals surface area (Å²) in [6.45, 7) is 0. The van der Waals surface area contributed by atoms with E-state index >= 15 is 0 Å². The summed E-state index contributed by atoms with van der Waals surface area (Å²) in [7, 11) is 0. The SMILES string of the molecule is O=C(CCCl)NC(=O)Nc1noc2ccc(Cl)cc12. The molecule has 0 saturated heterocycles. The average Bonchev–Trinajstić information content (AvgIpc) is 2.72. The number of hydrogen-bond acceptors (Lipinski definition) is 4. The molecule has 1 aromatic carbocycles. The maximum absolute atomic E-state index is 11.5. The highest BCUT2D eigenvalue weighted by molar-refractivity contribution is 6.31. The number of aromatic nitrogens is 1. The van der Waals surface area contributed by atoms with E-state index in [2.05, 4.69) is 15.8 Å². The van der Waals surface area contributed by atoms with Crippen molar-refractivity contribution in [3.05, 3.63) is 23.2 Å². The Morgan fingerprint density at radius 1 is 1.37 bits per heavy atom. The number of anilines is 1. The van der Waals surface area contributed by atoms with Crippen LogP contribution in [0.5, 0.6) is 0 Å². The fourth-order valence-corrected chi connectivity index (χ4v) is 1.76. The largest absolute Gasteiger partial charge is 0.354 e. The lowest BCUT2D eigenvalue weighted by Gasteiger charge is -2.03. The second-order valence-corrected chi connectivity index (χ2v) is 4.43. The number of benzene rings is 1. The Labute approximate surface area is 118 Å². The van der Waals surface area contributed by atoms with E-state index in [0.717, 1.165) is 0 Å². The van der Waals surface area contributed by atoms with Crippen molar-refractivity contribution in [1.29, 1.82) is 0 Å². The highest BCUT2D eigenvalue weighted by atomic mass is 35.5. The second-order valence-electron chi connectivity index (χ2n) is 3.61. The number of carbonyl (C=O) groups is 2. The zero-order valence-corrected chi connectivity index (χ0v) is 11.1. The fraction of sp³-hybridized carbons (Fsp3) is 0.182. The van der Waals surface area contributed by atoms with Crippen LogP contribution in [0.2, 0.25) is 5.02 Å². The number of alkyl halides is 1.